The van der Waals surface area contributed by atoms with E-state index in [1.165, 1.54) is 17.3 Å². The van der Waals surface area contributed by atoms with Crippen LogP contribution in [0.25, 0.3) is 0 Å². The van der Waals surface area contributed by atoms with Gasteiger partial charge in [0.05, 0.1) is 6.10 Å². The molecular weight excluding hydrogens is 364 g/mol. The Morgan fingerprint density at radius 1 is 1.12 bits per heavy atom. The molecule has 0 aliphatic carbocycles. The third-order valence-corrected chi connectivity index (χ3v) is 6.07. The molecule has 0 spiro atoms. The second kappa shape index (κ2) is 8.72. The third kappa shape index (κ3) is 6.89. The maximum Gasteiger partial charge on any atom is 0.174 e. The summed E-state index contributed by atoms with van der Waals surface area (Å²) in [7, 11) is 0. The average molecular weight is 395 g/mol. The van der Waals surface area contributed by atoms with Crippen LogP contribution in [0.3, 0.4) is 0 Å². The third-order valence-electron chi connectivity index (χ3n) is 3.96. The lowest BCUT2D eigenvalue weighted by Gasteiger charge is -2.33. The lowest BCUT2D eigenvalue weighted by Crippen LogP contribution is -2.24. The zero-order chi connectivity index (χ0) is 19.4. The van der Waals surface area contributed by atoms with Gasteiger partial charge in [-0.25, -0.2) is 0 Å². The Morgan fingerprint density at radius 3 is 2.31 bits per heavy atom. The molecule has 1 aromatic carbocycles. The van der Waals surface area contributed by atoms with Crippen LogP contribution in [0, 0.1) is 12.3 Å². The van der Waals surface area contributed by atoms with Crippen molar-refractivity contribution in [2.75, 3.05) is 12.4 Å². The molecule has 0 aliphatic heterocycles. The minimum absolute atomic E-state index is 0.118. The van der Waals surface area contributed by atoms with Crippen LogP contribution >= 0.6 is 23.1 Å². The summed E-state index contributed by atoms with van der Waals surface area (Å²) < 4.78 is 6.62. The Bertz CT molecular complexity index is 691. The predicted octanol–water partition coefficient (Wildman–Crippen LogP) is 5.09. The van der Waals surface area contributed by atoms with Crippen LogP contribution in [0.5, 0.6) is 5.75 Å². The van der Waals surface area contributed by atoms with Gasteiger partial charge in [0.2, 0.25) is 0 Å². The SMILES string of the molecule is Cc1nnc(SCC(O)COc2ccc(C(C)(C)CC(C)(C)C)cc2)s1. The molecular formula is C20H30N2O2S2. The van der Waals surface area contributed by atoms with Crippen LogP contribution in [0.2, 0.25) is 0 Å². The number of rotatable bonds is 8. The molecule has 26 heavy (non-hydrogen) atoms. The van der Waals surface area contributed by atoms with Crippen LogP contribution in [-0.2, 0) is 5.41 Å². The lowest BCUT2D eigenvalue weighted by atomic mass is 9.72. The van der Waals surface area contributed by atoms with Crippen molar-refractivity contribution in [2.24, 2.45) is 5.41 Å². The Morgan fingerprint density at radius 2 is 1.77 bits per heavy atom. The van der Waals surface area contributed by atoms with Gasteiger partial charge in [0.15, 0.2) is 4.34 Å². The van der Waals surface area contributed by atoms with Crippen LogP contribution in [0.15, 0.2) is 28.6 Å². The van der Waals surface area contributed by atoms with Gasteiger partial charge in [0.25, 0.3) is 0 Å². The van der Waals surface area contributed by atoms with E-state index in [2.05, 4.69) is 56.9 Å². The molecule has 1 heterocycles. The van der Waals surface area contributed by atoms with Crippen molar-refractivity contribution in [1.82, 2.24) is 10.2 Å². The summed E-state index contributed by atoms with van der Waals surface area (Å²) in [5.74, 6) is 1.34. The van der Waals surface area contributed by atoms with E-state index in [0.717, 1.165) is 21.5 Å². The van der Waals surface area contributed by atoms with Gasteiger partial charge in [-0.15, -0.1) is 10.2 Å². The zero-order valence-corrected chi connectivity index (χ0v) is 18.2. The summed E-state index contributed by atoms with van der Waals surface area (Å²) >= 11 is 3.05. The first-order chi connectivity index (χ1) is 12.0. The van der Waals surface area contributed by atoms with Gasteiger partial charge in [-0.1, -0.05) is 69.9 Å². The molecule has 2 rings (SSSR count). The zero-order valence-electron chi connectivity index (χ0n) is 16.6. The maximum absolute atomic E-state index is 10.1. The Labute approximate surface area is 165 Å². The number of thioether (sulfide) groups is 1. The number of aliphatic hydroxyl groups is 1. The van der Waals surface area contributed by atoms with Gasteiger partial charge in [-0.3, -0.25) is 0 Å². The van der Waals surface area contributed by atoms with E-state index in [0.29, 0.717) is 5.75 Å². The fourth-order valence-corrected chi connectivity index (χ4v) is 4.92. The van der Waals surface area contributed by atoms with E-state index in [1.807, 2.05) is 19.1 Å². The van der Waals surface area contributed by atoms with Gasteiger partial charge in [0.1, 0.15) is 17.4 Å². The van der Waals surface area contributed by atoms with Gasteiger partial charge in [0, 0.05) is 5.75 Å². The fourth-order valence-electron chi connectivity index (χ4n) is 3.17. The summed E-state index contributed by atoms with van der Waals surface area (Å²) in [5.41, 5.74) is 1.71. The van der Waals surface area contributed by atoms with Crippen LogP contribution < -0.4 is 4.74 Å². The van der Waals surface area contributed by atoms with E-state index in [9.17, 15) is 5.11 Å². The van der Waals surface area contributed by atoms with Crippen LogP contribution in [0.4, 0.5) is 0 Å². The minimum Gasteiger partial charge on any atom is -0.491 e. The predicted molar refractivity (Wildman–Crippen MR) is 110 cm³/mol. The van der Waals surface area contributed by atoms with E-state index in [4.69, 9.17) is 4.74 Å². The molecule has 0 aliphatic rings. The normalized spacial score (nSPS) is 13.7. The smallest absolute Gasteiger partial charge is 0.174 e. The Balaban J connectivity index is 1.83. The topological polar surface area (TPSA) is 55.2 Å². The molecule has 0 saturated heterocycles. The van der Waals surface area contributed by atoms with Gasteiger partial charge in [-0.2, -0.15) is 0 Å². The number of nitrogens with zero attached hydrogens (tertiary/aromatic N) is 2. The van der Waals surface area contributed by atoms with E-state index in [-0.39, 0.29) is 17.4 Å². The van der Waals surface area contributed by atoms with Crippen molar-refractivity contribution >= 4 is 23.1 Å². The highest BCUT2D eigenvalue weighted by atomic mass is 32.2. The molecule has 6 heteroatoms. The number of aliphatic hydroxyl groups excluding tert-OH is 1. The number of ether oxygens (including phenoxy) is 1. The Hall–Kier alpha value is -1.11. The number of aromatic nitrogens is 2. The largest absolute Gasteiger partial charge is 0.491 e. The van der Waals surface area contributed by atoms with Crippen LogP contribution in [-0.4, -0.2) is 33.8 Å². The quantitative estimate of drug-likeness (QED) is 0.632. The van der Waals surface area contributed by atoms with Crippen molar-refractivity contribution in [1.29, 1.82) is 0 Å². The van der Waals surface area contributed by atoms with Crippen molar-refractivity contribution in [3.05, 3.63) is 34.8 Å². The molecule has 1 unspecified atom stereocenters. The summed E-state index contributed by atoms with van der Waals surface area (Å²) in [4.78, 5) is 0. The molecule has 0 radical (unpaired) electrons. The molecule has 144 valence electrons. The lowest BCUT2D eigenvalue weighted by molar-refractivity contribution is 0.126. The molecule has 0 fully saturated rings. The summed E-state index contributed by atoms with van der Waals surface area (Å²) in [6, 6.07) is 8.25. The number of hydrogen-bond donors (Lipinski definition) is 1. The molecule has 0 saturated carbocycles. The summed E-state index contributed by atoms with van der Waals surface area (Å²) in [6.07, 6.45) is 0.572. The molecule has 1 atom stereocenters. The van der Waals surface area contributed by atoms with Gasteiger partial charge < -0.3 is 9.84 Å². The first kappa shape index (κ1) is 21.2. The summed E-state index contributed by atoms with van der Waals surface area (Å²) in [6.45, 7) is 13.6. The van der Waals surface area contributed by atoms with E-state index >= 15 is 0 Å². The molecule has 1 N–H and O–H groups in total. The van der Waals surface area contributed by atoms with E-state index in [1.54, 1.807) is 11.3 Å². The number of benzene rings is 1. The Kier molecular flexibility index (Phi) is 7.11. The van der Waals surface area contributed by atoms with Crippen molar-refractivity contribution in [3.8, 4) is 5.75 Å². The van der Waals surface area contributed by atoms with Crippen molar-refractivity contribution in [2.45, 2.75) is 63.8 Å². The average Bonchev–Trinajstić information content (AvgIpc) is 2.94. The molecule has 0 amide bonds. The standard InChI is InChI=1S/C20H30N2O2S2/c1-14-21-22-18(26-14)25-12-16(23)11-24-17-9-7-15(8-10-17)20(5,6)13-19(2,3)4/h7-10,16,23H,11-13H2,1-6H3. The summed E-state index contributed by atoms with van der Waals surface area (Å²) in [5, 5.41) is 19.1. The number of hydrogen-bond acceptors (Lipinski definition) is 6. The second-order valence-corrected chi connectivity index (χ2v) is 11.0. The van der Waals surface area contributed by atoms with Crippen molar-refractivity contribution in [3.63, 3.8) is 0 Å². The molecule has 1 aromatic heterocycles. The monoisotopic (exact) mass is 394 g/mol. The van der Waals surface area contributed by atoms with E-state index < -0.39 is 6.10 Å². The first-order valence-electron chi connectivity index (χ1n) is 8.89. The number of aryl methyl sites for hydroxylation is 1. The second-order valence-electron chi connectivity index (χ2n) is 8.51. The van der Waals surface area contributed by atoms with Gasteiger partial charge >= 0.3 is 0 Å². The highest BCUT2D eigenvalue weighted by Crippen LogP contribution is 2.36. The minimum atomic E-state index is -0.541. The molecule has 0 bridgehead atoms. The highest BCUT2D eigenvalue weighted by Gasteiger charge is 2.27. The highest BCUT2D eigenvalue weighted by molar-refractivity contribution is 8.01. The maximum atomic E-state index is 10.1. The molecule has 4 nitrogen and oxygen atoms in total. The molecule has 2 aromatic rings. The van der Waals surface area contributed by atoms with Crippen molar-refractivity contribution < 1.29 is 9.84 Å². The fraction of sp³-hybridized carbons (Fsp3) is 0.600. The first-order valence-corrected chi connectivity index (χ1v) is 10.7. The van der Waals surface area contributed by atoms with Gasteiger partial charge in [-0.05, 0) is 41.9 Å². The van der Waals surface area contributed by atoms with Crippen LogP contribution in [0.1, 0.15) is 51.6 Å².